The molecule has 0 unspecified atom stereocenters. The molecule has 43 heavy (non-hydrogen) atoms. The van der Waals surface area contributed by atoms with Crippen molar-refractivity contribution in [2.24, 2.45) is 0 Å². The highest BCUT2D eigenvalue weighted by molar-refractivity contribution is 6.31. The number of aromatic nitrogens is 1. The van der Waals surface area contributed by atoms with Crippen LogP contribution in [0.1, 0.15) is 50.4 Å². The van der Waals surface area contributed by atoms with Crippen LogP contribution in [0.5, 0.6) is 11.6 Å². The predicted molar refractivity (Wildman–Crippen MR) is 155 cm³/mol. The van der Waals surface area contributed by atoms with Gasteiger partial charge in [0.2, 0.25) is 5.88 Å². The van der Waals surface area contributed by atoms with Crippen LogP contribution in [0.2, 0.25) is 5.02 Å². The van der Waals surface area contributed by atoms with E-state index >= 15 is 8.78 Å². The predicted octanol–water partition coefficient (Wildman–Crippen LogP) is 5.73. The maximum atomic E-state index is 15.4. The van der Waals surface area contributed by atoms with Gasteiger partial charge in [-0.15, -0.1) is 0 Å². The van der Waals surface area contributed by atoms with Crippen molar-refractivity contribution in [1.82, 2.24) is 9.88 Å². The number of pyridine rings is 1. The molecule has 3 heterocycles. The summed E-state index contributed by atoms with van der Waals surface area (Å²) in [5.41, 5.74) is -1.01. The van der Waals surface area contributed by atoms with Crippen LogP contribution in [0.15, 0.2) is 48.7 Å². The number of rotatable bonds is 7. The first-order chi connectivity index (χ1) is 20.4. The highest BCUT2D eigenvalue weighted by Crippen LogP contribution is 2.40. The Hall–Kier alpha value is -4.25. The van der Waals surface area contributed by atoms with Crippen molar-refractivity contribution in [3.8, 4) is 22.8 Å². The Bertz CT molecular complexity index is 1590. The minimum Gasteiger partial charge on any atom is -0.489 e. The summed E-state index contributed by atoms with van der Waals surface area (Å²) in [6.45, 7) is 5.29. The van der Waals surface area contributed by atoms with Gasteiger partial charge in [0.1, 0.15) is 29.2 Å². The molecule has 1 saturated heterocycles. The van der Waals surface area contributed by atoms with Gasteiger partial charge in [-0.2, -0.15) is 0 Å². The first kappa shape index (κ1) is 30.2. The van der Waals surface area contributed by atoms with Gasteiger partial charge in [0.25, 0.3) is 11.8 Å². The van der Waals surface area contributed by atoms with Crippen molar-refractivity contribution >= 4 is 35.1 Å². The number of likely N-dealkylation sites (tertiary alicyclic amines) is 1. The first-order valence-electron chi connectivity index (χ1n) is 13.8. The fourth-order valence-corrected chi connectivity index (χ4v) is 5.58. The van der Waals surface area contributed by atoms with E-state index in [0.29, 0.717) is 23.6 Å². The molecule has 2 aliphatic rings. The van der Waals surface area contributed by atoms with Crippen LogP contribution in [0, 0.1) is 11.6 Å². The van der Waals surface area contributed by atoms with Gasteiger partial charge in [0, 0.05) is 36.5 Å². The normalized spacial score (nSPS) is 17.2. The molecule has 1 aromatic heterocycles. The summed E-state index contributed by atoms with van der Waals surface area (Å²) in [7, 11) is 0. The standard InChI is InChI=1S/C31H30ClF2N3O6/c1-17(12-27(38)39)42-26-7-5-4-6-20(26)21-14-24(34)22(15-23(21)33)29(40)36-10-8-19(9-11-36)37-25-13-18(32)16-35-28(25)43-31(2,3)30(37)41/h4-7,13-17,19H,8-12H2,1-3H3,(H,38,39)/t17-/m1/s1. The Morgan fingerprint density at radius 1 is 1.14 bits per heavy atom. The second kappa shape index (κ2) is 11.8. The number of aliphatic carboxylic acids is 1. The molecule has 5 rings (SSSR count). The number of ether oxygens (including phenoxy) is 2. The van der Waals surface area contributed by atoms with E-state index in [0.717, 1.165) is 12.1 Å². The summed E-state index contributed by atoms with van der Waals surface area (Å²) in [6.07, 6.45) is 1.23. The van der Waals surface area contributed by atoms with Crippen LogP contribution in [-0.2, 0) is 9.59 Å². The number of nitrogens with zero attached hydrogens (tertiary/aromatic N) is 3. The molecule has 226 valence electrons. The second-order valence-corrected chi connectivity index (χ2v) is 11.6. The number of benzene rings is 2. The van der Waals surface area contributed by atoms with Gasteiger partial charge in [-0.1, -0.05) is 29.8 Å². The first-order valence-corrected chi connectivity index (χ1v) is 14.2. The number of carbonyl (C=O) groups is 3. The molecule has 12 heteroatoms. The fourth-order valence-electron chi connectivity index (χ4n) is 5.43. The van der Waals surface area contributed by atoms with Gasteiger partial charge in [-0.05, 0) is 57.9 Å². The average molecular weight is 614 g/mol. The summed E-state index contributed by atoms with van der Waals surface area (Å²) in [5.74, 6) is -3.25. The van der Waals surface area contributed by atoms with Crippen LogP contribution in [0.3, 0.4) is 0 Å². The molecule has 2 amide bonds. The number of piperidine rings is 1. The van der Waals surface area contributed by atoms with Crippen molar-refractivity contribution in [1.29, 1.82) is 0 Å². The highest BCUT2D eigenvalue weighted by Gasteiger charge is 2.45. The van der Waals surface area contributed by atoms with E-state index in [1.54, 1.807) is 43.9 Å². The summed E-state index contributed by atoms with van der Waals surface area (Å²) in [6, 6.07) is 9.46. The number of amides is 2. The van der Waals surface area contributed by atoms with Crippen molar-refractivity contribution in [3.63, 3.8) is 0 Å². The molecule has 0 radical (unpaired) electrons. The Morgan fingerprint density at radius 2 is 1.84 bits per heavy atom. The lowest BCUT2D eigenvalue weighted by Gasteiger charge is -2.44. The largest absolute Gasteiger partial charge is 0.489 e. The summed E-state index contributed by atoms with van der Waals surface area (Å²) in [4.78, 5) is 45.0. The van der Waals surface area contributed by atoms with Crippen molar-refractivity contribution in [2.45, 2.75) is 57.8 Å². The Balaban J connectivity index is 1.33. The zero-order valence-corrected chi connectivity index (χ0v) is 24.5. The van der Waals surface area contributed by atoms with Crippen molar-refractivity contribution < 1.29 is 37.7 Å². The third-order valence-corrected chi connectivity index (χ3v) is 7.72. The van der Waals surface area contributed by atoms with Crippen LogP contribution in [-0.4, -0.2) is 63.6 Å². The van der Waals surface area contributed by atoms with E-state index in [1.165, 1.54) is 23.2 Å². The SMILES string of the molecule is C[C@H](CC(=O)O)Oc1ccccc1-c1cc(F)c(C(=O)N2CCC(N3C(=O)C(C)(C)Oc4ncc(Cl)cc43)CC2)cc1F. The molecule has 0 saturated carbocycles. The van der Waals surface area contributed by atoms with Crippen LogP contribution >= 0.6 is 11.6 Å². The van der Waals surface area contributed by atoms with E-state index in [1.807, 2.05) is 0 Å². The van der Waals surface area contributed by atoms with Crippen molar-refractivity contribution in [3.05, 3.63) is 70.9 Å². The number of hydrogen-bond acceptors (Lipinski definition) is 6. The second-order valence-electron chi connectivity index (χ2n) is 11.1. The van der Waals surface area contributed by atoms with E-state index < -0.39 is 40.8 Å². The Kier molecular flexibility index (Phi) is 8.29. The zero-order chi connectivity index (χ0) is 31.1. The zero-order valence-electron chi connectivity index (χ0n) is 23.8. The molecule has 9 nitrogen and oxygen atoms in total. The van der Waals surface area contributed by atoms with E-state index in [9.17, 15) is 14.4 Å². The van der Waals surface area contributed by atoms with Gasteiger partial charge >= 0.3 is 5.97 Å². The maximum Gasteiger partial charge on any atom is 0.307 e. The summed E-state index contributed by atoms with van der Waals surface area (Å²) in [5, 5.41) is 9.37. The average Bonchev–Trinajstić information content (AvgIpc) is 2.95. The molecule has 0 spiro atoms. The number of carboxylic acid groups (broad SMARTS) is 1. The van der Waals surface area contributed by atoms with Gasteiger partial charge in [0.15, 0.2) is 5.60 Å². The van der Waals surface area contributed by atoms with E-state index in [4.69, 9.17) is 26.2 Å². The number of carboxylic acids is 1. The number of para-hydroxylation sites is 1. The molecular weight excluding hydrogens is 584 g/mol. The van der Waals surface area contributed by atoms with Gasteiger partial charge < -0.3 is 24.4 Å². The molecule has 1 atom stereocenters. The quantitative estimate of drug-likeness (QED) is 0.362. The van der Waals surface area contributed by atoms with Crippen molar-refractivity contribution in [2.75, 3.05) is 18.0 Å². The lowest BCUT2D eigenvalue weighted by molar-refractivity contribution is -0.138. The molecular formula is C31H30ClF2N3O6. The van der Waals surface area contributed by atoms with Crippen LogP contribution in [0.4, 0.5) is 14.5 Å². The lowest BCUT2D eigenvalue weighted by atomic mass is 9.96. The molecule has 1 fully saturated rings. The summed E-state index contributed by atoms with van der Waals surface area (Å²) < 4.78 is 42.3. The fraction of sp³-hybridized carbons (Fsp3) is 0.355. The molecule has 2 aliphatic heterocycles. The maximum absolute atomic E-state index is 15.4. The third-order valence-electron chi connectivity index (χ3n) is 7.52. The number of fused-ring (bicyclic) bond motifs is 1. The summed E-state index contributed by atoms with van der Waals surface area (Å²) >= 11 is 6.16. The molecule has 0 aliphatic carbocycles. The Labute approximate surface area is 252 Å². The highest BCUT2D eigenvalue weighted by atomic mass is 35.5. The van der Waals surface area contributed by atoms with Gasteiger partial charge in [-0.3, -0.25) is 14.4 Å². The molecule has 0 bridgehead atoms. The third kappa shape index (κ3) is 6.13. The number of anilines is 1. The number of halogens is 3. The molecule has 1 N–H and O–H groups in total. The minimum absolute atomic E-state index is 0.120. The Morgan fingerprint density at radius 3 is 2.53 bits per heavy atom. The topological polar surface area (TPSA) is 109 Å². The van der Waals surface area contributed by atoms with Crippen LogP contribution in [0.25, 0.3) is 11.1 Å². The minimum atomic E-state index is -1.15. The van der Waals surface area contributed by atoms with E-state index in [2.05, 4.69) is 4.98 Å². The number of carbonyl (C=O) groups excluding carboxylic acids is 2. The smallest absolute Gasteiger partial charge is 0.307 e. The molecule has 2 aromatic carbocycles. The van der Waals surface area contributed by atoms with Crippen LogP contribution < -0.4 is 14.4 Å². The van der Waals surface area contributed by atoms with Gasteiger partial charge in [-0.25, -0.2) is 13.8 Å². The van der Waals surface area contributed by atoms with E-state index in [-0.39, 0.29) is 54.2 Å². The lowest BCUT2D eigenvalue weighted by Crippen LogP contribution is -2.58. The van der Waals surface area contributed by atoms with Gasteiger partial charge in [0.05, 0.1) is 17.0 Å². The molecule has 3 aromatic rings. The number of hydrogen-bond donors (Lipinski definition) is 1. The monoisotopic (exact) mass is 613 g/mol.